The Morgan fingerprint density at radius 2 is 1.53 bits per heavy atom. The summed E-state index contributed by atoms with van der Waals surface area (Å²) in [4.78, 5) is 0. The third-order valence-corrected chi connectivity index (χ3v) is 4.73. The highest BCUT2D eigenvalue weighted by Crippen LogP contribution is 2.47. The van der Waals surface area contributed by atoms with E-state index in [1.54, 1.807) is 0 Å². The molecule has 17 heavy (non-hydrogen) atoms. The van der Waals surface area contributed by atoms with Crippen LogP contribution in [0, 0.1) is 16.2 Å². The summed E-state index contributed by atoms with van der Waals surface area (Å²) >= 11 is 0. The minimum Gasteiger partial charge on any atom is -0.330 e. The van der Waals surface area contributed by atoms with Gasteiger partial charge in [0.05, 0.1) is 0 Å². The van der Waals surface area contributed by atoms with Crippen molar-refractivity contribution in [1.29, 1.82) is 0 Å². The van der Waals surface area contributed by atoms with Crippen LogP contribution in [-0.4, -0.2) is 6.54 Å². The van der Waals surface area contributed by atoms with E-state index in [-0.39, 0.29) is 0 Å². The number of nitrogens with two attached hydrogens (primary N) is 1. The lowest BCUT2D eigenvalue weighted by molar-refractivity contribution is 0.0938. The third-order valence-electron chi connectivity index (χ3n) is 4.73. The first-order valence-electron chi connectivity index (χ1n) is 7.38. The van der Waals surface area contributed by atoms with E-state index in [1.165, 1.54) is 44.9 Å². The number of rotatable bonds is 4. The number of hydrogen-bond donors (Lipinski definition) is 1. The Kier molecular flexibility index (Phi) is 4.68. The average Bonchev–Trinajstić information content (AvgIpc) is 2.19. The molecule has 0 aromatic rings. The second-order valence-corrected chi connectivity index (χ2v) is 8.28. The summed E-state index contributed by atoms with van der Waals surface area (Å²) in [6.07, 6.45) is 9.44. The first kappa shape index (κ1) is 15.0. The molecule has 1 aliphatic carbocycles. The van der Waals surface area contributed by atoms with Gasteiger partial charge in [-0.15, -0.1) is 0 Å². The average molecular weight is 239 g/mol. The minimum atomic E-state index is 0.473. The zero-order valence-electron chi connectivity index (χ0n) is 12.7. The Morgan fingerprint density at radius 1 is 1.00 bits per heavy atom. The van der Waals surface area contributed by atoms with Crippen molar-refractivity contribution >= 4 is 0 Å². The highest BCUT2D eigenvalue weighted by atomic mass is 14.6. The molecule has 1 rings (SSSR count). The van der Waals surface area contributed by atoms with Gasteiger partial charge < -0.3 is 5.73 Å². The van der Waals surface area contributed by atoms with Crippen LogP contribution in [0.25, 0.3) is 0 Å². The standard InChI is InChI=1S/C16H33N/c1-14(2,3)7-6-8-16(13-17)11-9-15(4,5)10-12-16/h6-13,17H2,1-5H3. The van der Waals surface area contributed by atoms with Crippen molar-refractivity contribution in [3.05, 3.63) is 0 Å². The van der Waals surface area contributed by atoms with Crippen LogP contribution in [0.2, 0.25) is 0 Å². The van der Waals surface area contributed by atoms with E-state index >= 15 is 0 Å². The van der Waals surface area contributed by atoms with E-state index in [0.717, 1.165) is 6.54 Å². The van der Waals surface area contributed by atoms with E-state index in [9.17, 15) is 0 Å². The fraction of sp³-hybridized carbons (Fsp3) is 1.00. The first-order chi connectivity index (χ1) is 7.68. The number of hydrogen-bond acceptors (Lipinski definition) is 1. The van der Waals surface area contributed by atoms with Crippen molar-refractivity contribution in [2.45, 2.75) is 79.6 Å². The maximum Gasteiger partial charge on any atom is -0.00205 e. The smallest absolute Gasteiger partial charge is 0.00205 e. The fourth-order valence-corrected chi connectivity index (χ4v) is 3.01. The Bertz CT molecular complexity index is 224. The summed E-state index contributed by atoms with van der Waals surface area (Å²) in [5.41, 5.74) is 7.58. The molecular weight excluding hydrogens is 206 g/mol. The van der Waals surface area contributed by atoms with Gasteiger partial charge in [0.2, 0.25) is 0 Å². The van der Waals surface area contributed by atoms with Crippen LogP contribution in [0.15, 0.2) is 0 Å². The van der Waals surface area contributed by atoms with Gasteiger partial charge in [-0.1, -0.05) is 41.0 Å². The van der Waals surface area contributed by atoms with Crippen LogP contribution in [0.1, 0.15) is 79.6 Å². The van der Waals surface area contributed by atoms with Crippen molar-refractivity contribution in [2.24, 2.45) is 22.0 Å². The zero-order valence-corrected chi connectivity index (χ0v) is 12.7. The quantitative estimate of drug-likeness (QED) is 0.753. The van der Waals surface area contributed by atoms with Gasteiger partial charge in [0.15, 0.2) is 0 Å². The maximum absolute atomic E-state index is 6.08. The Hall–Kier alpha value is -0.0400. The van der Waals surface area contributed by atoms with Crippen molar-refractivity contribution in [3.63, 3.8) is 0 Å². The normalized spacial score (nSPS) is 23.6. The lowest BCUT2D eigenvalue weighted by Crippen LogP contribution is -2.37. The van der Waals surface area contributed by atoms with Crippen LogP contribution in [0.5, 0.6) is 0 Å². The Balaban J connectivity index is 2.43. The van der Waals surface area contributed by atoms with E-state index in [0.29, 0.717) is 16.2 Å². The molecular formula is C16H33N. The molecule has 1 aliphatic rings. The van der Waals surface area contributed by atoms with E-state index in [1.807, 2.05) is 0 Å². The molecule has 0 spiro atoms. The topological polar surface area (TPSA) is 26.0 Å². The summed E-state index contributed by atoms with van der Waals surface area (Å²) in [5, 5.41) is 0. The molecule has 0 aliphatic heterocycles. The molecule has 0 heterocycles. The molecule has 1 heteroatoms. The Morgan fingerprint density at radius 3 is 1.94 bits per heavy atom. The molecule has 0 amide bonds. The van der Waals surface area contributed by atoms with Gasteiger partial charge >= 0.3 is 0 Å². The van der Waals surface area contributed by atoms with Gasteiger partial charge in [0, 0.05) is 0 Å². The minimum absolute atomic E-state index is 0.473. The summed E-state index contributed by atoms with van der Waals surface area (Å²) in [5.74, 6) is 0. The fourth-order valence-electron chi connectivity index (χ4n) is 3.01. The second kappa shape index (κ2) is 5.30. The molecule has 2 N–H and O–H groups in total. The molecule has 1 fully saturated rings. The molecule has 0 atom stereocenters. The largest absolute Gasteiger partial charge is 0.330 e. The maximum atomic E-state index is 6.08. The van der Waals surface area contributed by atoms with E-state index < -0.39 is 0 Å². The summed E-state index contributed by atoms with van der Waals surface area (Å²) in [6, 6.07) is 0. The summed E-state index contributed by atoms with van der Waals surface area (Å²) in [7, 11) is 0. The second-order valence-electron chi connectivity index (χ2n) is 8.28. The molecule has 0 aromatic heterocycles. The van der Waals surface area contributed by atoms with Crippen molar-refractivity contribution < 1.29 is 0 Å². The highest BCUT2D eigenvalue weighted by molar-refractivity contribution is 4.89. The van der Waals surface area contributed by atoms with Gasteiger partial charge in [-0.25, -0.2) is 0 Å². The molecule has 0 unspecified atom stereocenters. The van der Waals surface area contributed by atoms with Gasteiger partial charge in [-0.3, -0.25) is 0 Å². The molecule has 0 saturated heterocycles. The summed E-state index contributed by atoms with van der Waals surface area (Å²) in [6.45, 7) is 12.7. The predicted octanol–water partition coefficient (Wildman–Crippen LogP) is 4.75. The lowest BCUT2D eigenvalue weighted by atomic mass is 9.63. The van der Waals surface area contributed by atoms with Crippen LogP contribution >= 0.6 is 0 Å². The van der Waals surface area contributed by atoms with Gasteiger partial charge in [0.25, 0.3) is 0 Å². The molecule has 0 bridgehead atoms. The molecule has 102 valence electrons. The predicted molar refractivity (Wildman–Crippen MR) is 77.0 cm³/mol. The molecule has 1 saturated carbocycles. The van der Waals surface area contributed by atoms with Crippen LogP contribution < -0.4 is 5.73 Å². The van der Waals surface area contributed by atoms with Crippen molar-refractivity contribution in [2.75, 3.05) is 6.54 Å². The first-order valence-corrected chi connectivity index (χ1v) is 7.38. The van der Waals surface area contributed by atoms with Crippen LogP contribution in [0.3, 0.4) is 0 Å². The lowest BCUT2D eigenvalue weighted by Gasteiger charge is -2.43. The van der Waals surface area contributed by atoms with Crippen LogP contribution in [0.4, 0.5) is 0 Å². The van der Waals surface area contributed by atoms with Crippen molar-refractivity contribution in [3.8, 4) is 0 Å². The molecule has 0 radical (unpaired) electrons. The van der Waals surface area contributed by atoms with Gasteiger partial charge in [0.1, 0.15) is 0 Å². The Labute approximate surface area is 109 Å². The summed E-state index contributed by atoms with van der Waals surface area (Å²) < 4.78 is 0. The highest BCUT2D eigenvalue weighted by Gasteiger charge is 2.36. The van der Waals surface area contributed by atoms with Gasteiger partial charge in [-0.05, 0) is 61.3 Å². The van der Waals surface area contributed by atoms with Gasteiger partial charge in [-0.2, -0.15) is 0 Å². The zero-order chi connectivity index (χ0) is 13.2. The monoisotopic (exact) mass is 239 g/mol. The van der Waals surface area contributed by atoms with Crippen LogP contribution in [-0.2, 0) is 0 Å². The third kappa shape index (κ3) is 4.99. The van der Waals surface area contributed by atoms with E-state index in [4.69, 9.17) is 5.73 Å². The SMILES string of the molecule is CC(C)(C)CCCC1(CN)CCC(C)(C)CC1. The van der Waals surface area contributed by atoms with E-state index in [2.05, 4.69) is 34.6 Å². The van der Waals surface area contributed by atoms with Crippen molar-refractivity contribution in [1.82, 2.24) is 0 Å². The molecule has 0 aromatic carbocycles. The molecule has 1 nitrogen and oxygen atoms in total.